The van der Waals surface area contributed by atoms with Gasteiger partial charge in [0.25, 0.3) is 5.91 Å². The minimum atomic E-state index is -1.07. The predicted octanol–water partition coefficient (Wildman–Crippen LogP) is 5.13. The molecular weight excluding hydrogens is 482 g/mol. The summed E-state index contributed by atoms with van der Waals surface area (Å²) >= 11 is 1.59. The lowest BCUT2D eigenvalue weighted by Crippen LogP contribution is -2.47. The summed E-state index contributed by atoms with van der Waals surface area (Å²) in [6.07, 6.45) is 3.39. The van der Waals surface area contributed by atoms with Gasteiger partial charge in [0.2, 0.25) is 12.2 Å². The van der Waals surface area contributed by atoms with Crippen molar-refractivity contribution in [2.24, 2.45) is 10.9 Å². The molecule has 37 heavy (non-hydrogen) atoms. The molecule has 8 heteroatoms. The molecule has 3 aromatic rings. The number of aliphatic imine (C=N–C) groups is 1. The zero-order valence-corrected chi connectivity index (χ0v) is 22.1. The third-order valence-electron chi connectivity index (χ3n) is 7.16. The Morgan fingerprint density at radius 2 is 1.78 bits per heavy atom. The van der Waals surface area contributed by atoms with Gasteiger partial charge in [-0.15, -0.1) is 4.99 Å². The number of amides is 1. The van der Waals surface area contributed by atoms with Gasteiger partial charge in [0.05, 0.1) is 0 Å². The third kappa shape index (κ3) is 5.68. The first kappa shape index (κ1) is 26.4. The van der Waals surface area contributed by atoms with Crippen molar-refractivity contribution in [1.82, 2.24) is 9.80 Å². The first-order valence-electron chi connectivity index (χ1n) is 12.7. The van der Waals surface area contributed by atoms with E-state index in [-0.39, 0.29) is 11.8 Å². The van der Waals surface area contributed by atoms with Crippen LogP contribution in [0.1, 0.15) is 48.2 Å². The highest BCUT2D eigenvalue weighted by Gasteiger charge is 2.42. The van der Waals surface area contributed by atoms with Gasteiger partial charge in [0.15, 0.2) is 0 Å². The minimum Gasteiger partial charge on any atom is -0.380 e. The van der Waals surface area contributed by atoms with E-state index in [0.29, 0.717) is 37.7 Å². The van der Waals surface area contributed by atoms with Crippen LogP contribution in [-0.4, -0.2) is 53.0 Å². The molecule has 0 aliphatic carbocycles. The molecule has 1 amide bonds. The van der Waals surface area contributed by atoms with Gasteiger partial charge in [0, 0.05) is 37.4 Å². The average molecular weight is 516 g/mol. The van der Waals surface area contributed by atoms with E-state index in [4.69, 9.17) is 0 Å². The zero-order valence-electron chi connectivity index (χ0n) is 21.3. The van der Waals surface area contributed by atoms with E-state index in [1.165, 1.54) is 0 Å². The van der Waals surface area contributed by atoms with Crippen molar-refractivity contribution in [2.45, 2.75) is 32.3 Å². The number of nitrogens with one attached hydrogen (secondary N) is 1. The fraction of sp³-hybridized carbons (Fsp3) is 0.345. The summed E-state index contributed by atoms with van der Waals surface area (Å²) in [5, 5.41) is 28.7. The fourth-order valence-corrected chi connectivity index (χ4v) is 5.77. The number of anilines is 1. The molecular formula is C29H33N5O2S. The molecule has 0 spiro atoms. The zero-order chi connectivity index (χ0) is 26.3. The summed E-state index contributed by atoms with van der Waals surface area (Å²) in [7, 11) is 0. The molecule has 1 aliphatic heterocycles. The Morgan fingerprint density at radius 1 is 1.11 bits per heavy atom. The molecule has 1 atom stereocenters. The summed E-state index contributed by atoms with van der Waals surface area (Å²) in [5.74, 6) is 0.498. The maximum atomic E-state index is 12.6. The number of hydrogen-bond donors (Lipinski definition) is 2. The number of piperidine rings is 1. The second-order valence-corrected chi connectivity index (χ2v) is 9.90. The largest absolute Gasteiger partial charge is 0.380 e. The van der Waals surface area contributed by atoms with Crippen LogP contribution in [0, 0.1) is 17.4 Å². The molecule has 4 rings (SSSR count). The van der Waals surface area contributed by atoms with Crippen LogP contribution < -0.4 is 5.32 Å². The number of nitrogens with zero attached hydrogens (tertiary/aromatic N) is 4. The Bertz CT molecular complexity index is 1230. The summed E-state index contributed by atoms with van der Waals surface area (Å²) in [6.45, 7) is 6.55. The fourth-order valence-electron chi connectivity index (χ4n) is 5.06. The minimum absolute atomic E-state index is 0.000984. The Labute approximate surface area is 222 Å². The van der Waals surface area contributed by atoms with E-state index in [9.17, 15) is 15.2 Å². The molecule has 1 aromatic heterocycles. The standard InChI is InChI=1S/C29H33N5O2S/c1-3-33(4-2)27(35)22-10-12-26(13-11-22)32-28(31-21-30)34-17-14-24(15-18-34)29(36,25-16-19-37-20-25)23-8-6-5-7-9-23/h5-13,16,19-20,24,36H,3-4,14-15,17-18H2,1-2H3,(H,31,32). The number of nitriles is 1. The number of carbonyl (C=O) groups excluding carboxylic acids is 1. The number of thiophene rings is 1. The van der Waals surface area contributed by atoms with Gasteiger partial charge in [-0.3, -0.25) is 4.79 Å². The number of hydrogen-bond acceptors (Lipinski definition) is 5. The topological polar surface area (TPSA) is 92.0 Å². The van der Waals surface area contributed by atoms with E-state index >= 15 is 0 Å². The highest BCUT2D eigenvalue weighted by molar-refractivity contribution is 7.08. The van der Waals surface area contributed by atoms with Crippen LogP contribution in [0.4, 0.5) is 5.69 Å². The average Bonchev–Trinajstić information content (AvgIpc) is 3.50. The molecule has 7 nitrogen and oxygen atoms in total. The number of rotatable bonds is 7. The number of aliphatic hydroxyl groups is 1. The summed E-state index contributed by atoms with van der Waals surface area (Å²) < 4.78 is 0. The molecule has 0 radical (unpaired) electrons. The van der Waals surface area contributed by atoms with Gasteiger partial charge >= 0.3 is 0 Å². The molecule has 2 aromatic carbocycles. The smallest absolute Gasteiger partial charge is 0.253 e. The molecule has 0 saturated carbocycles. The summed E-state index contributed by atoms with van der Waals surface area (Å²) in [6, 6.07) is 19.1. The van der Waals surface area contributed by atoms with Crippen molar-refractivity contribution in [3.8, 4) is 6.19 Å². The maximum Gasteiger partial charge on any atom is 0.253 e. The van der Waals surface area contributed by atoms with Crippen LogP contribution in [0.2, 0.25) is 0 Å². The van der Waals surface area contributed by atoms with Crippen molar-refractivity contribution in [3.63, 3.8) is 0 Å². The molecule has 0 bridgehead atoms. The van der Waals surface area contributed by atoms with E-state index in [1.54, 1.807) is 28.4 Å². The van der Waals surface area contributed by atoms with E-state index in [2.05, 4.69) is 10.3 Å². The van der Waals surface area contributed by atoms with Crippen LogP contribution in [-0.2, 0) is 5.60 Å². The van der Waals surface area contributed by atoms with Gasteiger partial charge in [-0.2, -0.15) is 16.6 Å². The van der Waals surface area contributed by atoms with E-state index in [0.717, 1.165) is 29.7 Å². The summed E-state index contributed by atoms with van der Waals surface area (Å²) in [5.41, 5.74) is 2.13. The van der Waals surface area contributed by atoms with Crippen LogP contribution in [0.3, 0.4) is 0 Å². The van der Waals surface area contributed by atoms with Crippen molar-refractivity contribution in [2.75, 3.05) is 31.5 Å². The van der Waals surface area contributed by atoms with Crippen LogP contribution >= 0.6 is 11.3 Å². The quantitative estimate of drug-likeness (QED) is 0.259. The molecule has 1 saturated heterocycles. The second kappa shape index (κ2) is 12.0. The molecule has 2 N–H and O–H groups in total. The number of likely N-dealkylation sites (tertiary alicyclic amines) is 1. The van der Waals surface area contributed by atoms with E-state index < -0.39 is 5.60 Å². The molecule has 2 heterocycles. The Morgan fingerprint density at radius 3 is 2.35 bits per heavy atom. The first-order chi connectivity index (χ1) is 18.0. The predicted molar refractivity (Wildman–Crippen MR) is 148 cm³/mol. The molecule has 1 unspecified atom stereocenters. The van der Waals surface area contributed by atoms with Gasteiger partial charge in [0.1, 0.15) is 5.60 Å². The van der Waals surface area contributed by atoms with Crippen LogP contribution in [0.15, 0.2) is 76.4 Å². The SMILES string of the molecule is CCN(CC)C(=O)c1ccc(N/C(=N/C#N)N2CCC(C(O)(c3ccccc3)c3ccsc3)CC2)cc1. The highest BCUT2D eigenvalue weighted by Crippen LogP contribution is 2.42. The van der Waals surface area contributed by atoms with Crippen molar-refractivity contribution in [1.29, 1.82) is 5.26 Å². The van der Waals surface area contributed by atoms with Gasteiger partial charge in [-0.1, -0.05) is 30.3 Å². The number of benzene rings is 2. The monoisotopic (exact) mass is 515 g/mol. The number of carbonyl (C=O) groups is 1. The van der Waals surface area contributed by atoms with Crippen LogP contribution in [0.5, 0.6) is 0 Å². The van der Waals surface area contributed by atoms with E-state index in [1.807, 2.05) is 84.2 Å². The normalized spacial score (nSPS) is 16.1. The van der Waals surface area contributed by atoms with Crippen LogP contribution in [0.25, 0.3) is 0 Å². The maximum absolute atomic E-state index is 12.6. The molecule has 1 fully saturated rings. The van der Waals surface area contributed by atoms with Crippen molar-refractivity contribution in [3.05, 3.63) is 88.1 Å². The third-order valence-corrected chi connectivity index (χ3v) is 7.84. The van der Waals surface area contributed by atoms with Gasteiger partial charge < -0.3 is 20.2 Å². The van der Waals surface area contributed by atoms with Gasteiger partial charge in [-0.05, 0) is 84.8 Å². The highest BCUT2D eigenvalue weighted by atomic mass is 32.1. The summed E-state index contributed by atoms with van der Waals surface area (Å²) in [4.78, 5) is 20.5. The Hall–Kier alpha value is -3.67. The molecule has 1 aliphatic rings. The Kier molecular flexibility index (Phi) is 8.59. The number of guanidine groups is 1. The lowest BCUT2D eigenvalue weighted by atomic mass is 9.73. The first-order valence-corrected chi connectivity index (χ1v) is 13.6. The second-order valence-electron chi connectivity index (χ2n) is 9.12. The van der Waals surface area contributed by atoms with Crippen molar-refractivity contribution < 1.29 is 9.90 Å². The lowest BCUT2D eigenvalue weighted by Gasteiger charge is -2.42. The molecule has 192 valence electrons. The van der Waals surface area contributed by atoms with Gasteiger partial charge in [-0.25, -0.2) is 0 Å². The van der Waals surface area contributed by atoms with Crippen molar-refractivity contribution >= 4 is 28.9 Å². The Balaban J connectivity index is 1.46. The lowest BCUT2D eigenvalue weighted by molar-refractivity contribution is -0.00619.